The number of nitrogens with two attached hydrogens (primary N) is 1. The Balaban J connectivity index is 1.56. The van der Waals surface area contributed by atoms with E-state index in [0.29, 0.717) is 6.42 Å². The Morgan fingerprint density at radius 3 is 2.07 bits per heavy atom. The van der Waals surface area contributed by atoms with Crippen LogP contribution in [-0.4, -0.2) is 39.9 Å². The zero-order chi connectivity index (χ0) is 30.1. The van der Waals surface area contributed by atoms with Crippen molar-refractivity contribution in [2.45, 2.75) is 45.6 Å². The maximum absolute atomic E-state index is 13.3. The van der Waals surface area contributed by atoms with Crippen molar-refractivity contribution in [1.29, 1.82) is 0 Å². The Bertz CT molecular complexity index is 1450. The molecular weight excluding hydrogens is 539 g/mol. The molecule has 3 aromatic rings. The van der Waals surface area contributed by atoms with E-state index in [4.69, 9.17) is 5.73 Å². The van der Waals surface area contributed by atoms with Crippen LogP contribution in [0.5, 0.6) is 0 Å². The second-order valence-corrected chi connectivity index (χ2v) is 10.3. The third kappa shape index (κ3) is 5.95. The molecule has 11 heteroatoms. The number of halogens is 3. The summed E-state index contributed by atoms with van der Waals surface area (Å²) in [6, 6.07) is 14.8. The molecule has 1 aliphatic rings. The monoisotopic (exact) mass is 569 g/mol. The van der Waals surface area contributed by atoms with Gasteiger partial charge in [0.2, 0.25) is 5.91 Å². The highest BCUT2D eigenvalue weighted by atomic mass is 19.4. The number of aliphatic carboxylic acids is 1. The lowest BCUT2D eigenvalue weighted by atomic mass is 9.77. The number of carboxylic acid groups (broad SMARTS) is 1. The van der Waals surface area contributed by atoms with Gasteiger partial charge in [-0.15, -0.1) is 0 Å². The summed E-state index contributed by atoms with van der Waals surface area (Å²) >= 11 is 0. The number of benzene rings is 3. The number of alkyl halides is 3. The van der Waals surface area contributed by atoms with Crippen LogP contribution in [-0.2, 0) is 22.3 Å². The standard InChI is InChI=1S/C30H30F3N3O5/c1-3-7-21(26(37)35-15-17-8-6-11-20(12-17)30(31,32)33)24(29(40)41)16(2)25(34)36-27(38)22-13-18-9-4-5-10-19(18)14-23(22)28(36)39/h4-6,8-14,16,21,24-25H,3,7,15,34H2,1-2H3,(H,35,37)(H,40,41)/t16?,21-,24+,25?/m0/s1. The molecule has 0 fully saturated rings. The van der Waals surface area contributed by atoms with Crippen LogP contribution in [0.2, 0.25) is 0 Å². The second kappa shape index (κ2) is 11.7. The van der Waals surface area contributed by atoms with Gasteiger partial charge in [0.25, 0.3) is 11.8 Å². The Morgan fingerprint density at radius 1 is 0.976 bits per heavy atom. The molecule has 41 heavy (non-hydrogen) atoms. The molecule has 0 aliphatic carbocycles. The van der Waals surface area contributed by atoms with Crippen LogP contribution in [0.3, 0.4) is 0 Å². The first-order valence-electron chi connectivity index (χ1n) is 13.2. The van der Waals surface area contributed by atoms with E-state index >= 15 is 0 Å². The predicted octanol–water partition coefficient (Wildman–Crippen LogP) is 4.81. The van der Waals surface area contributed by atoms with Gasteiger partial charge in [0, 0.05) is 12.5 Å². The minimum atomic E-state index is -4.55. The molecule has 8 nitrogen and oxygen atoms in total. The van der Waals surface area contributed by atoms with Gasteiger partial charge in [-0.1, -0.05) is 56.7 Å². The molecule has 2 unspecified atom stereocenters. The molecule has 4 rings (SSSR count). The second-order valence-electron chi connectivity index (χ2n) is 10.3. The van der Waals surface area contributed by atoms with Gasteiger partial charge in [-0.2, -0.15) is 13.2 Å². The molecule has 4 atom stereocenters. The van der Waals surface area contributed by atoms with E-state index < -0.39 is 59.4 Å². The number of fused-ring (bicyclic) bond motifs is 2. The number of carbonyl (C=O) groups is 4. The Morgan fingerprint density at radius 2 is 1.56 bits per heavy atom. The summed E-state index contributed by atoms with van der Waals surface area (Å²) in [7, 11) is 0. The average Bonchev–Trinajstić information content (AvgIpc) is 3.17. The molecule has 0 bridgehead atoms. The van der Waals surface area contributed by atoms with Gasteiger partial charge < -0.3 is 16.2 Å². The predicted molar refractivity (Wildman–Crippen MR) is 144 cm³/mol. The van der Waals surface area contributed by atoms with Crippen LogP contribution in [0.4, 0.5) is 13.2 Å². The highest BCUT2D eigenvalue weighted by molar-refractivity contribution is 6.23. The third-order valence-electron chi connectivity index (χ3n) is 7.56. The number of nitrogens with one attached hydrogen (secondary N) is 1. The normalized spacial score (nSPS) is 16.3. The van der Waals surface area contributed by atoms with Crippen LogP contribution in [0.25, 0.3) is 10.8 Å². The van der Waals surface area contributed by atoms with Crippen molar-refractivity contribution in [2.24, 2.45) is 23.5 Å². The summed E-state index contributed by atoms with van der Waals surface area (Å²) in [5.41, 5.74) is 6.03. The average molecular weight is 570 g/mol. The Labute approximate surface area is 234 Å². The quantitative estimate of drug-likeness (QED) is 0.301. The van der Waals surface area contributed by atoms with Crippen molar-refractivity contribution in [2.75, 3.05) is 0 Å². The molecule has 0 spiro atoms. The molecule has 3 amide bonds. The van der Waals surface area contributed by atoms with Gasteiger partial charge in [0.1, 0.15) is 0 Å². The molecule has 3 aromatic carbocycles. The molecule has 0 radical (unpaired) electrons. The van der Waals surface area contributed by atoms with E-state index in [1.165, 1.54) is 19.1 Å². The summed E-state index contributed by atoms with van der Waals surface area (Å²) in [6.07, 6.45) is -5.35. The fourth-order valence-corrected chi connectivity index (χ4v) is 5.39. The molecule has 1 aliphatic heterocycles. The molecule has 4 N–H and O–H groups in total. The fraction of sp³-hybridized carbons (Fsp3) is 0.333. The van der Waals surface area contributed by atoms with E-state index in [0.717, 1.165) is 27.8 Å². The van der Waals surface area contributed by atoms with Gasteiger partial charge in [-0.25, -0.2) is 0 Å². The highest BCUT2D eigenvalue weighted by Gasteiger charge is 2.46. The summed E-state index contributed by atoms with van der Waals surface area (Å²) < 4.78 is 39.2. The molecule has 0 saturated heterocycles. The first kappa shape index (κ1) is 29.7. The lowest BCUT2D eigenvalue weighted by molar-refractivity contribution is -0.151. The van der Waals surface area contributed by atoms with Crippen LogP contribution in [0.1, 0.15) is 58.5 Å². The number of hydrogen-bond donors (Lipinski definition) is 3. The van der Waals surface area contributed by atoms with Crippen LogP contribution in [0.15, 0.2) is 60.7 Å². The van der Waals surface area contributed by atoms with Crippen LogP contribution < -0.4 is 11.1 Å². The van der Waals surface area contributed by atoms with Gasteiger partial charge in [0.05, 0.1) is 34.7 Å². The van der Waals surface area contributed by atoms with Gasteiger partial charge in [-0.05, 0) is 47.0 Å². The van der Waals surface area contributed by atoms with Crippen molar-refractivity contribution in [3.8, 4) is 0 Å². The summed E-state index contributed by atoms with van der Waals surface area (Å²) in [5.74, 6) is -6.88. The zero-order valence-corrected chi connectivity index (χ0v) is 22.4. The molecule has 216 valence electrons. The molecule has 0 aromatic heterocycles. The third-order valence-corrected chi connectivity index (χ3v) is 7.56. The lowest BCUT2D eigenvalue weighted by Crippen LogP contribution is -2.54. The van der Waals surface area contributed by atoms with Gasteiger partial charge >= 0.3 is 12.1 Å². The summed E-state index contributed by atoms with van der Waals surface area (Å²) in [4.78, 5) is 53.2. The number of carboxylic acids is 1. The molecule has 1 heterocycles. The van der Waals surface area contributed by atoms with Crippen molar-refractivity contribution in [3.63, 3.8) is 0 Å². The Hall–Kier alpha value is -4.25. The number of rotatable bonds is 10. The maximum atomic E-state index is 13.3. The van der Waals surface area contributed by atoms with Crippen LogP contribution >= 0.6 is 0 Å². The lowest BCUT2D eigenvalue weighted by Gasteiger charge is -2.34. The van der Waals surface area contributed by atoms with Crippen molar-refractivity contribution < 1.29 is 37.5 Å². The Kier molecular flexibility index (Phi) is 8.48. The van der Waals surface area contributed by atoms with Gasteiger partial charge in [-0.3, -0.25) is 24.1 Å². The summed E-state index contributed by atoms with van der Waals surface area (Å²) in [6.45, 7) is 2.97. The number of imide groups is 1. The van der Waals surface area contributed by atoms with E-state index in [1.54, 1.807) is 43.3 Å². The zero-order valence-electron chi connectivity index (χ0n) is 22.4. The fourth-order valence-electron chi connectivity index (χ4n) is 5.39. The maximum Gasteiger partial charge on any atom is 0.416 e. The SMILES string of the molecule is CCC[C@H](C(=O)NCc1cccc(C(F)(F)F)c1)[C@H](C(=O)O)C(C)C(N)N1C(=O)c2cc3ccccc3cc2C1=O. The van der Waals surface area contributed by atoms with Gasteiger partial charge in [0.15, 0.2) is 0 Å². The molecule has 0 saturated carbocycles. The van der Waals surface area contributed by atoms with Crippen LogP contribution in [0, 0.1) is 17.8 Å². The smallest absolute Gasteiger partial charge is 0.416 e. The number of amides is 3. The van der Waals surface area contributed by atoms with E-state index in [-0.39, 0.29) is 29.7 Å². The number of nitrogens with zero attached hydrogens (tertiary/aromatic N) is 1. The van der Waals surface area contributed by atoms with E-state index in [9.17, 15) is 37.5 Å². The van der Waals surface area contributed by atoms with Crippen molar-refractivity contribution >= 4 is 34.5 Å². The minimum Gasteiger partial charge on any atom is -0.481 e. The van der Waals surface area contributed by atoms with E-state index in [1.807, 2.05) is 0 Å². The first-order valence-corrected chi connectivity index (χ1v) is 13.2. The van der Waals surface area contributed by atoms with Crippen molar-refractivity contribution in [3.05, 3.63) is 82.9 Å². The molecular formula is C30H30F3N3O5. The van der Waals surface area contributed by atoms with Crippen molar-refractivity contribution in [1.82, 2.24) is 10.2 Å². The highest BCUT2D eigenvalue weighted by Crippen LogP contribution is 2.34. The number of hydrogen-bond acceptors (Lipinski definition) is 5. The topological polar surface area (TPSA) is 130 Å². The number of carbonyl (C=O) groups excluding carboxylic acids is 3. The minimum absolute atomic E-state index is 0.135. The summed E-state index contributed by atoms with van der Waals surface area (Å²) in [5, 5.41) is 14.2. The largest absolute Gasteiger partial charge is 0.481 e. The first-order chi connectivity index (χ1) is 19.3. The van der Waals surface area contributed by atoms with E-state index in [2.05, 4.69) is 5.32 Å².